The van der Waals surface area contributed by atoms with E-state index in [4.69, 9.17) is 15.6 Å². The average Bonchev–Trinajstić information content (AvgIpc) is 2.66. The maximum atomic E-state index is 11.4. The highest BCUT2D eigenvalue weighted by Crippen LogP contribution is 2.30. The van der Waals surface area contributed by atoms with E-state index >= 15 is 0 Å². The van der Waals surface area contributed by atoms with Crippen molar-refractivity contribution in [1.82, 2.24) is 14.5 Å². The number of ether oxygens (including phenoxy) is 1. The van der Waals surface area contributed by atoms with E-state index in [9.17, 15) is 4.79 Å². The van der Waals surface area contributed by atoms with Crippen molar-refractivity contribution >= 4 is 17.7 Å². The van der Waals surface area contributed by atoms with E-state index in [2.05, 4.69) is 9.97 Å². The highest BCUT2D eigenvalue weighted by molar-refractivity contribution is 8.00. The molecule has 2 atom stereocenters. The lowest BCUT2D eigenvalue weighted by Gasteiger charge is -2.12. The largest absolute Gasteiger partial charge is 0.393 e. The molecule has 3 N–H and O–H groups in total. The van der Waals surface area contributed by atoms with E-state index in [1.54, 1.807) is 0 Å². The molecule has 8 heteroatoms. The molecule has 0 bridgehead atoms. The van der Waals surface area contributed by atoms with Crippen molar-refractivity contribution in [2.24, 2.45) is 0 Å². The normalized spacial score (nSPS) is 25.7. The smallest absolute Gasteiger partial charge is 0.354 e. The molecule has 0 saturated carbocycles. The molecule has 1 aromatic rings. The first-order chi connectivity index (χ1) is 7.20. The van der Waals surface area contributed by atoms with Crippen LogP contribution in [0.1, 0.15) is 6.23 Å². The third-order valence-electron chi connectivity index (χ3n) is 1.94. The molecule has 0 spiro atoms. The van der Waals surface area contributed by atoms with E-state index in [0.717, 1.165) is 0 Å². The van der Waals surface area contributed by atoms with Gasteiger partial charge in [0.15, 0.2) is 0 Å². The van der Waals surface area contributed by atoms with Crippen LogP contribution in [0.3, 0.4) is 0 Å². The molecule has 0 amide bonds. The Bertz CT molecular complexity index is 409. The van der Waals surface area contributed by atoms with E-state index in [1.165, 1.54) is 22.7 Å². The maximum Gasteiger partial charge on any atom is 0.354 e. The molecule has 1 saturated heterocycles. The number of nitrogens with zero attached hydrogens (tertiary/aromatic N) is 3. The van der Waals surface area contributed by atoms with Crippen molar-refractivity contribution in [2.45, 2.75) is 11.7 Å². The molecule has 1 aliphatic heterocycles. The molecule has 1 aromatic heterocycles. The van der Waals surface area contributed by atoms with Gasteiger partial charge in [0.25, 0.3) is 0 Å². The lowest BCUT2D eigenvalue weighted by Crippen LogP contribution is -2.29. The fraction of sp³-hybridized carbons (Fsp3) is 0.571. The minimum Gasteiger partial charge on any atom is -0.393 e. The molecule has 2 heterocycles. The fourth-order valence-electron chi connectivity index (χ4n) is 1.24. The van der Waals surface area contributed by atoms with Crippen LogP contribution in [0.25, 0.3) is 0 Å². The Morgan fingerprint density at radius 2 is 2.60 bits per heavy atom. The van der Waals surface area contributed by atoms with Crippen LogP contribution in [0.15, 0.2) is 11.1 Å². The summed E-state index contributed by atoms with van der Waals surface area (Å²) in [6, 6.07) is 0. The molecular formula is C7H10N4O3S. The fourth-order valence-corrected chi connectivity index (χ4v) is 2.17. The first kappa shape index (κ1) is 10.4. The number of aromatic nitrogens is 3. The van der Waals surface area contributed by atoms with Gasteiger partial charge in [0, 0.05) is 5.75 Å². The van der Waals surface area contributed by atoms with Crippen molar-refractivity contribution < 1.29 is 9.84 Å². The highest BCUT2D eigenvalue weighted by atomic mass is 32.2. The van der Waals surface area contributed by atoms with E-state index in [0.29, 0.717) is 5.75 Å². The number of aliphatic hydroxyl groups excluding tert-OH is 1. The first-order valence-corrected chi connectivity index (χ1v) is 5.34. The van der Waals surface area contributed by atoms with Crippen LogP contribution in [0.5, 0.6) is 0 Å². The van der Waals surface area contributed by atoms with Gasteiger partial charge in [0.1, 0.15) is 18.0 Å². The van der Waals surface area contributed by atoms with Crippen LogP contribution < -0.4 is 11.4 Å². The van der Waals surface area contributed by atoms with Crippen molar-refractivity contribution in [3.8, 4) is 0 Å². The Balaban J connectivity index is 2.20. The van der Waals surface area contributed by atoms with Crippen molar-refractivity contribution in [2.75, 3.05) is 18.1 Å². The molecule has 0 radical (unpaired) electrons. The van der Waals surface area contributed by atoms with Crippen molar-refractivity contribution in [3.05, 3.63) is 16.8 Å². The zero-order chi connectivity index (χ0) is 10.8. The summed E-state index contributed by atoms with van der Waals surface area (Å²) < 4.78 is 6.64. The molecule has 2 rings (SSSR count). The van der Waals surface area contributed by atoms with Gasteiger partial charge in [0.2, 0.25) is 5.95 Å². The Hall–Kier alpha value is -1.12. The number of anilines is 1. The van der Waals surface area contributed by atoms with Gasteiger partial charge in [-0.15, -0.1) is 11.8 Å². The quantitative estimate of drug-likeness (QED) is 0.657. The van der Waals surface area contributed by atoms with Crippen molar-refractivity contribution in [1.29, 1.82) is 0 Å². The van der Waals surface area contributed by atoms with Crippen LogP contribution in [0.2, 0.25) is 0 Å². The van der Waals surface area contributed by atoms with Gasteiger partial charge >= 0.3 is 5.69 Å². The second kappa shape index (κ2) is 4.17. The van der Waals surface area contributed by atoms with Crippen LogP contribution in [-0.4, -0.2) is 37.4 Å². The lowest BCUT2D eigenvalue weighted by molar-refractivity contribution is -0.00688. The summed E-state index contributed by atoms with van der Waals surface area (Å²) in [5.74, 6) is 0.527. The summed E-state index contributed by atoms with van der Waals surface area (Å²) in [4.78, 5) is 18.6. The number of rotatable bonds is 2. The van der Waals surface area contributed by atoms with Crippen LogP contribution >= 0.6 is 11.8 Å². The average molecular weight is 230 g/mol. The second-order valence-corrected chi connectivity index (χ2v) is 4.13. The number of thioether (sulfide) groups is 1. The minimum absolute atomic E-state index is 0.0550. The van der Waals surface area contributed by atoms with Crippen LogP contribution in [-0.2, 0) is 4.74 Å². The summed E-state index contributed by atoms with van der Waals surface area (Å²) in [5.41, 5.74) is 4.47. The Kier molecular flexibility index (Phi) is 2.89. The van der Waals surface area contributed by atoms with Crippen LogP contribution in [0, 0.1) is 0 Å². The number of nitrogens with two attached hydrogens (primary N) is 1. The summed E-state index contributed by atoms with van der Waals surface area (Å²) in [6.45, 7) is -0.0776. The number of aliphatic hydroxyl groups is 1. The molecular weight excluding hydrogens is 220 g/mol. The van der Waals surface area contributed by atoms with Gasteiger partial charge < -0.3 is 15.6 Å². The number of hydrogen-bond acceptors (Lipinski definition) is 7. The van der Waals surface area contributed by atoms with Gasteiger partial charge in [-0.2, -0.15) is 4.98 Å². The minimum atomic E-state index is -0.494. The molecule has 0 aromatic carbocycles. The summed E-state index contributed by atoms with van der Waals surface area (Å²) in [7, 11) is 0. The predicted octanol–water partition coefficient (Wildman–Crippen LogP) is -1.20. The molecule has 7 nitrogen and oxygen atoms in total. The monoisotopic (exact) mass is 230 g/mol. The van der Waals surface area contributed by atoms with Gasteiger partial charge in [-0.1, -0.05) is 0 Å². The zero-order valence-corrected chi connectivity index (χ0v) is 8.55. The Morgan fingerprint density at radius 1 is 1.80 bits per heavy atom. The standard InChI is InChI=1S/C7H10N4O3S/c8-6-9-3-11(7(13)10-6)4-2-15-5(1-12)14-4/h3-5,12H,1-2H2,(H2,8,10,13)/t4-,5-/m1/s1. The molecule has 82 valence electrons. The number of hydrogen-bond donors (Lipinski definition) is 2. The third kappa shape index (κ3) is 2.11. The molecule has 1 fully saturated rings. The van der Waals surface area contributed by atoms with E-state index in [-0.39, 0.29) is 18.0 Å². The van der Waals surface area contributed by atoms with E-state index < -0.39 is 11.9 Å². The Morgan fingerprint density at radius 3 is 3.20 bits per heavy atom. The van der Waals surface area contributed by atoms with Crippen LogP contribution in [0.4, 0.5) is 5.95 Å². The first-order valence-electron chi connectivity index (χ1n) is 4.29. The Labute approximate surface area is 89.3 Å². The summed E-state index contributed by atoms with van der Waals surface area (Å²) >= 11 is 1.44. The third-order valence-corrected chi connectivity index (χ3v) is 3.05. The zero-order valence-electron chi connectivity index (χ0n) is 7.74. The highest BCUT2D eigenvalue weighted by Gasteiger charge is 2.27. The SMILES string of the molecule is Nc1ncn([C@H]2CS[C@H](CO)O2)c(=O)n1. The van der Waals surface area contributed by atoms with Gasteiger partial charge in [-0.05, 0) is 0 Å². The van der Waals surface area contributed by atoms with Gasteiger partial charge in [-0.25, -0.2) is 9.78 Å². The molecule has 0 unspecified atom stereocenters. The second-order valence-electron chi connectivity index (χ2n) is 2.94. The topological polar surface area (TPSA) is 103 Å². The summed E-state index contributed by atoms with van der Waals surface area (Å²) in [5, 5.41) is 8.86. The van der Waals surface area contributed by atoms with Gasteiger partial charge in [-0.3, -0.25) is 4.57 Å². The van der Waals surface area contributed by atoms with Crippen molar-refractivity contribution in [3.63, 3.8) is 0 Å². The lowest BCUT2D eigenvalue weighted by atomic mass is 10.6. The molecule has 15 heavy (non-hydrogen) atoms. The number of nitrogen functional groups attached to an aromatic ring is 1. The van der Waals surface area contributed by atoms with Gasteiger partial charge in [0.05, 0.1) is 6.61 Å². The molecule has 1 aliphatic rings. The summed E-state index contributed by atoms with van der Waals surface area (Å²) in [6.07, 6.45) is 0.871. The molecule has 0 aliphatic carbocycles. The van der Waals surface area contributed by atoms with E-state index in [1.807, 2.05) is 0 Å². The maximum absolute atomic E-state index is 11.4. The predicted molar refractivity (Wildman–Crippen MR) is 54.2 cm³/mol.